The van der Waals surface area contributed by atoms with Crippen molar-refractivity contribution in [1.82, 2.24) is 24.9 Å². The van der Waals surface area contributed by atoms with Crippen molar-refractivity contribution in [2.45, 2.75) is 25.8 Å². The van der Waals surface area contributed by atoms with E-state index in [2.05, 4.69) is 42.0 Å². The Bertz CT molecular complexity index is 1110. The number of aryl methyl sites for hydroxylation is 1. The molecule has 1 aromatic carbocycles. The molecule has 5 rings (SSSR count). The van der Waals surface area contributed by atoms with Crippen LogP contribution in [0.3, 0.4) is 0 Å². The van der Waals surface area contributed by atoms with Gasteiger partial charge in [0.15, 0.2) is 11.5 Å². The summed E-state index contributed by atoms with van der Waals surface area (Å²) in [6, 6.07) is 10.4. The first kappa shape index (κ1) is 16.0. The maximum Gasteiger partial charge on any atom is 0.162 e. The van der Waals surface area contributed by atoms with Crippen LogP contribution in [0.1, 0.15) is 18.5 Å². The van der Waals surface area contributed by atoms with Gasteiger partial charge in [0.1, 0.15) is 24.2 Å². The summed E-state index contributed by atoms with van der Waals surface area (Å²) in [6.07, 6.45) is 5.44. The number of pyridine rings is 1. The summed E-state index contributed by atoms with van der Waals surface area (Å²) in [6.45, 7) is 3.57. The molecule has 7 heteroatoms. The molecule has 27 heavy (non-hydrogen) atoms. The number of fused-ring (bicyclic) bond motifs is 2. The Hall–Kier alpha value is -3.22. The van der Waals surface area contributed by atoms with E-state index in [0.717, 1.165) is 58.7 Å². The van der Waals surface area contributed by atoms with Gasteiger partial charge < -0.3 is 14.6 Å². The highest BCUT2D eigenvalue weighted by Gasteiger charge is 2.28. The number of hydrogen-bond acceptors (Lipinski definition) is 6. The van der Waals surface area contributed by atoms with E-state index in [-0.39, 0.29) is 6.04 Å². The second-order valence-corrected chi connectivity index (χ2v) is 6.90. The number of nitrogens with one attached hydrogen (secondary N) is 1. The van der Waals surface area contributed by atoms with E-state index >= 15 is 0 Å². The number of anilines is 1. The Morgan fingerprint density at radius 1 is 1.19 bits per heavy atom. The highest BCUT2D eigenvalue weighted by molar-refractivity contribution is 5.83. The van der Waals surface area contributed by atoms with E-state index in [0.29, 0.717) is 6.61 Å². The van der Waals surface area contributed by atoms with E-state index < -0.39 is 0 Å². The molecule has 0 radical (unpaired) electrons. The first-order chi connectivity index (χ1) is 13.3. The van der Waals surface area contributed by atoms with Crippen LogP contribution >= 0.6 is 0 Å². The van der Waals surface area contributed by atoms with Gasteiger partial charge in [0, 0.05) is 17.6 Å². The van der Waals surface area contributed by atoms with E-state index in [1.54, 1.807) is 12.7 Å². The zero-order valence-corrected chi connectivity index (χ0v) is 15.1. The molecule has 0 spiro atoms. The number of hydrogen-bond donors (Lipinski definition) is 1. The first-order valence-corrected chi connectivity index (χ1v) is 9.19. The summed E-state index contributed by atoms with van der Waals surface area (Å²) < 4.78 is 6.13. The van der Waals surface area contributed by atoms with Crippen molar-refractivity contribution in [1.29, 1.82) is 0 Å². The summed E-state index contributed by atoms with van der Waals surface area (Å²) >= 11 is 0. The minimum absolute atomic E-state index is 0.270. The first-order valence-electron chi connectivity index (χ1n) is 9.19. The predicted molar refractivity (Wildman–Crippen MR) is 104 cm³/mol. The van der Waals surface area contributed by atoms with Gasteiger partial charge in [0.2, 0.25) is 0 Å². The predicted octanol–water partition coefficient (Wildman–Crippen LogP) is 3.26. The molecule has 1 atom stereocenters. The van der Waals surface area contributed by atoms with E-state index in [9.17, 15) is 0 Å². The SMILES string of the molecule is Cc1ccc2cc(OC[C@H]3CCCN3c3ncnc4[nH]cnc34)ccc2n1. The summed E-state index contributed by atoms with van der Waals surface area (Å²) in [5.41, 5.74) is 3.60. The Balaban J connectivity index is 1.36. The molecule has 0 aliphatic carbocycles. The molecule has 7 nitrogen and oxygen atoms in total. The molecule has 1 saturated heterocycles. The number of ether oxygens (including phenoxy) is 1. The quantitative estimate of drug-likeness (QED) is 0.602. The van der Waals surface area contributed by atoms with Crippen molar-refractivity contribution >= 4 is 27.9 Å². The molecule has 0 saturated carbocycles. The second-order valence-electron chi connectivity index (χ2n) is 6.90. The molecule has 1 fully saturated rings. The van der Waals surface area contributed by atoms with Gasteiger partial charge in [0.05, 0.1) is 17.9 Å². The Morgan fingerprint density at radius 3 is 3.11 bits per heavy atom. The van der Waals surface area contributed by atoms with Crippen LogP contribution in [-0.4, -0.2) is 44.1 Å². The number of aromatic amines is 1. The van der Waals surface area contributed by atoms with Gasteiger partial charge in [-0.25, -0.2) is 15.0 Å². The smallest absolute Gasteiger partial charge is 0.162 e. The Kier molecular flexibility index (Phi) is 3.85. The highest BCUT2D eigenvalue weighted by atomic mass is 16.5. The lowest BCUT2D eigenvalue weighted by Gasteiger charge is -2.25. The largest absolute Gasteiger partial charge is 0.491 e. The third-order valence-corrected chi connectivity index (χ3v) is 5.09. The molecule has 136 valence electrons. The van der Waals surface area contributed by atoms with Crippen molar-refractivity contribution in [2.24, 2.45) is 0 Å². The fourth-order valence-electron chi connectivity index (χ4n) is 3.74. The molecule has 0 bridgehead atoms. The third kappa shape index (κ3) is 2.95. The zero-order valence-electron chi connectivity index (χ0n) is 15.1. The molecule has 4 heterocycles. The van der Waals surface area contributed by atoms with Crippen LogP contribution in [-0.2, 0) is 0 Å². The van der Waals surface area contributed by atoms with Crippen molar-refractivity contribution in [3.63, 3.8) is 0 Å². The minimum atomic E-state index is 0.270. The van der Waals surface area contributed by atoms with Crippen molar-refractivity contribution in [2.75, 3.05) is 18.1 Å². The van der Waals surface area contributed by atoms with Crippen LogP contribution in [0.25, 0.3) is 22.1 Å². The fourth-order valence-corrected chi connectivity index (χ4v) is 3.74. The Morgan fingerprint density at radius 2 is 2.15 bits per heavy atom. The standard InChI is InChI=1S/C20H20N6O/c1-13-4-5-14-9-16(6-7-17(14)25-13)27-10-15-3-2-8-26(15)20-18-19(22-11-21-18)23-12-24-20/h4-7,9,11-12,15H,2-3,8,10H2,1H3,(H,21,22,23,24)/t15-/m1/s1. The lowest BCUT2D eigenvalue weighted by molar-refractivity contribution is 0.288. The average molecular weight is 360 g/mol. The van der Waals surface area contributed by atoms with Gasteiger partial charge in [-0.2, -0.15) is 0 Å². The number of nitrogens with zero attached hydrogens (tertiary/aromatic N) is 5. The van der Waals surface area contributed by atoms with Crippen LogP contribution in [0.15, 0.2) is 43.0 Å². The van der Waals surface area contributed by atoms with Gasteiger partial charge in [-0.15, -0.1) is 0 Å². The van der Waals surface area contributed by atoms with Gasteiger partial charge in [-0.1, -0.05) is 6.07 Å². The van der Waals surface area contributed by atoms with E-state index in [1.807, 2.05) is 25.1 Å². The van der Waals surface area contributed by atoms with E-state index in [4.69, 9.17) is 4.74 Å². The number of rotatable bonds is 4. The second kappa shape index (κ2) is 6.50. The van der Waals surface area contributed by atoms with Crippen LogP contribution in [0.5, 0.6) is 5.75 Å². The lowest BCUT2D eigenvalue weighted by Crippen LogP contribution is -2.35. The number of benzene rings is 1. The van der Waals surface area contributed by atoms with Gasteiger partial charge >= 0.3 is 0 Å². The molecule has 0 amide bonds. The summed E-state index contributed by atoms with van der Waals surface area (Å²) in [5, 5.41) is 1.09. The van der Waals surface area contributed by atoms with Crippen LogP contribution < -0.4 is 9.64 Å². The van der Waals surface area contributed by atoms with Crippen LogP contribution in [0.2, 0.25) is 0 Å². The number of aromatic nitrogens is 5. The average Bonchev–Trinajstić information content (AvgIpc) is 3.35. The van der Waals surface area contributed by atoms with Crippen LogP contribution in [0.4, 0.5) is 5.82 Å². The van der Waals surface area contributed by atoms with Crippen molar-refractivity contribution < 1.29 is 4.74 Å². The molecular weight excluding hydrogens is 340 g/mol. The zero-order chi connectivity index (χ0) is 18.2. The lowest BCUT2D eigenvalue weighted by atomic mass is 10.2. The molecule has 0 unspecified atom stereocenters. The summed E-state index contributed by atoms with van der Waals surface area (Å²) in [4.78, 5) is 23.0. The maximum atomic E-state index is 6.13. The highest BCUT2D eigenvalue weighted by Crippen LogP contribution is 2.29. The molecule has 1 N–H and O–H groups in total. The molecular formula is C20H20N6O. The van der Waals surface area contributed by atoms with Crippen LogP contribution in [0, 0.1) is 6.92 Å². The van der Waals surface area contributed by atoms with Gasteiger partial charge in [-0.05, 0) is 44.0 Å². The molecule has 1 aliphatic rings. The fraction of sp³-hybridized carbons (Fsp3) is 0.300. The Labute approximate surface area is 156 Å². The van der Waals surface area contributed by atoms with Gasteiger partial charge in [-0.3, -0.25) is 4.98 Å². The molecule has 4 aromatic rings. The minimum Gasteiger partial charge on any atom is -0.491 e. The topological polar surface area (TPSA) is 79.8 Å². The van der Waals surface area contributed by atoms with Crippen molar-refractivity contribution in [3.8, 4) is 5.75 Å². The number of H-pyrrole nitrogens is 1. The molecule has 1 aliphatic heterocycles. The van der Waals surface area contributed by atoms with E-state index in [1.165, 1.54) is 0 Å². The summed E-state index contributed by atoms with van der Waals surface area (Å²) in [7, 11) is 0. The normalized spacial score (nSPS) is 17.1. The third-order valence-electron chi connectivity index (χ3n) is 5.09. The van der Waals surface area contributed by atoms with Gasteiger partial charge in [0.25, 0.3) is 0 Å². The summed E-state index contributed by atoms with van der Waals surface area (Å²) in [5.74, 6) is 1.75. The number of imidazole rings is 1. The monoisotopic (exact) mass is 360 g/mol. The molecule has 3 aromatic heterocycles. The maximum absolute atomic E-state index is 6.13. The van der Waals surface area contributed by atoms with Crippen molar-refractivity contribution in [3.05, 3.63) is 48.7 Å².